The van der Waals surface area contributed by atoms with Crippen LogP contribution in [0.15, 0.2) is 78.1 Å². The molecule has 0 unspecified atom stereocenters. The second kappa shape index (κ2) is 9.53. The Morgan fingerprint density at radius 3 is 2.62 bits per heavy atom. The van der Waals surface area contributed by atoms with Crippen molar-refractivity contribution >= 4 is 62.9 Å². The van der Waals surface area contributed by atoms with Gasteiger partial charge in [-0.15, -0.1) is 0 Å². The van der Waals surface area contributed by atoms with Crippen LogP contribution in [0, 0.1) is 0 Å². The smallest absolute Gasteiger partial charge is 0.335 e. The summed E-state index contributed by atoms with van der Waals surface area (Å²) in [6.45, 7) is 0. The summed E-state index contributed by atoms with van der Waals surface area (Å²) in [4.78, 5) is 33.1. The summed E-state index contributed by atoms with van der Waals surface area (Å²) in [5.74, 6) is -0.664. The molecular formula is C28H21ClN4O3S. The number of rotatable bonds is 7. The number of hydrogen-bond acceptors (Lipinski definition) is 5. The predicted molar refractivity (Wildman–Crippen MR) is 146 cm³/mol. The van der Waals surface area contributed by atoms with Crippen LogP contribution >= 0.6 is 23.4 Å². The van der Waals surface area contributed by atoms with E-state index in [1.807, 2.05) is 18.2 Å². The second-order valence-corrected chi connectivity index (χ2v) is 10.3. The van der Waals surface area contributed by atoms with Gasteiger partial charge in [-0.25, -0.2) is 14.8 Å². The lowest BCUT2D eigenvalue weighted by Gasteiger charge is -2.15. The number of carboxylic acids is 1. The maximum atomic E-state index is 12.8. The zero-order chi connectivity index (χ0) is 25.5. The van der Waals surface area contributed by atoms with Gasteiger partial charge in [0.25, 0.3) is 0 Å². The number of fused-ring (bicyclic) bond motifs is 2. The number of benzene rings is 3. The van der Waals surface area contributed by atoms with Gasteiger partial charge in [0.1, 0.15) is 0 Å². The predicted octanol–water partition coefficient (Wildman–Crippen LogP) is 6.53. The number of carbonyl (C=O) groups excluding carboxylic acids is 1. The molecule has 0 aliphatic heterocycles. The number of halogens is 1. The Kier molecular flexibility index (Phi) is 6.06. The normalized spacial score (nSPS) is 13.2. The highest BCUT2D eigenvalue weighted by Crippen LogP contribution is 2.44. The maximum Gasteiger partial charge on any atom is 0.335 e. The minimum absolute atomic E-state index is 0.0542. The van der Waals surface area contributed by atoms with E-state index >= 15 is 0 Å². The first-order chi connectivity index (χ1) is 18.0. The van der Waals surface area contributed by atoms with E-state index in [0.717, 1.165) is 16.6 Å². The van der Waals surface area contributed by atoms with Crippen molar-refractivity contribution in [3.05, 3.63) is 89.1 Å². The molecule has 37 heavy (non-hydrogen) atoms. The Morgan fingerprint density at radius 1 is 1.05 bits per heavy atom. The van der Waals surface area contributed by atoms with Crippen molar-refractivity contribution < 1.29 is 14.7 Å². The number of nitrogens with one attached hydrogen (secondary N) is 1. The molecule has 9 heteroatoms. The van der Waals surface area contributed by atoms with Crippen LogP contribution in [0.2, 0.25) is 5.02 Å². The van der Waals surface area contributed by atoms with Crippen LogP contribution in [0.25, 0.3) is 27.6 Å². The maximum absolute atomic E-state index is 12.8. The van der Waals surface area contributed by atoms with Gasteiger partial charge in [-0.3, -0.25) is 9.36 Å². The first kappa shape index (κ1) is 23.5. The van der Waals surface area contributed by atoms with E-state index in [1.54, 1.807) is 6.20 Å². The molecule has 1 saturated carbocycles. The summed E-state index contributed by atoms with van der Waals surface area (Å²) in [7, 11) is 0. The van der Waals surface area contributed by atoms with Crippen LogP contribution < -0.4 is 5.32 Å². The number of amides is 1. The third kappa shape index (κ3) is 4.54. The number of aromatic carboxylic acids is 1. The fourth-order valence-corrected chi connectivity index (χ4v) is 5.58. The van der Waals surface area contributed by atoms with Crippen LogP contribution in [0.5, 0.6) is 0 Å². The fraction of sp³-hybridized carbons (Fsp3) is 0.143. The second-order valence-electron chi connectivity index (χ2n) is 8.91. The number of nitrogens with zero attached hydrogens (tertiary/aromatic N) is 3. The Labute approximate surface area is 221 Å². The fourth-order valence-electron chi connectivity index (χ4n) is 4.54. The van der Waals surface area contributed by atoms with Crippen molar-refractivity contribution in [1.29, 1.82) is 0 Å². The van der Waals surface area contributed by atoms with Gasteiger partial charge in [0.05, 0.1) is 33.2 Å². The molecule has 6 rings (SSSR count). The van der Waals surface area contributed by atoms with Crippen LogP contribution in [0.3, 0.4) is 0 Å². The molecule has 2 heterocycles. The van der Waals surface area contributed by atoms with Gasteiger partial charge >= 0.3 is 5.97 Å². The number of carbonyl (C=O) groups is 2. The molecule has 2 N–H and O–H groups in total. The molecule has 5 aromatic rings. The number of anilines is 1. The average Bonchev–Trinajstić information content (AvgIpc) is 3.68. The van der Waals surface area contributed by atoms with E-state index < -0.39 is 5.97 Å². The third-order valence-electron chi connectivity index (χ3n) is 6.42. The summed E-state index contributed by atoms with van der Waals surface area (Å²) in [6, 6.07) is 20.8. The highest BCUT2D eigenvalue weighted by Gasteiger charge is 2.26. The Morgan fingerprint density at radius 2 is 1.86 bits per heavy atom. The first-order valence-electron chi connectivity index (χ1n) is 11.8. The first-order valence-corrected chi connectivity index (χ1v) is 13.2. The molecule has 1 amide bonds. The molecule has 0 saturated heterocycles. The number of hydrogen-bond donors (Lipinski definition) is 2. The molecule has 1 fully saturated rings. The highest BCUT2D eigenvalue weighted by molar-refractivity contribution is 7.99. The van der Waals surface area contributed by atoms with Crippen molar-refractivity contribution in [1.82, 2.24) is 14.5 Å². The van der Waals surface area contributed by atoms with Crippen LogP contribution in [-0.4, -0.2) is 37.3 Å². The van der Waals surface area contributed by atoms with E-state index in [0.29, 0.717) is 22.4 Å². The molecule has 7 nitrogen and oxygen atoms in total. The number of pyridine rings is 1. The van der Waals surface area contributed by atoms with E-state index in [9.17, 15) is 9.59 Å². The van der Waals surface area contributed by atoms with Crippen molar-refractivity contribution in [3.8, 4) is 5.69 Å². The molecule has 2 aromatic heterocycles. The molecule has 0 bridgehead atoms. The van der Waals surface area contributed by atoms with Crippen molar-refractivity contribution in [2.24, 2.45) is 0 Å². The van der Waals surface area contributed by atoms with E-state index in [1.165, 1.54) is 53.8 Å². The van der Waals surface area contributed by atoms with Crippen LogP contribution in [-0.2, 0) is 4.79 Å². The summed E-state index contributed by atoms with van der Waals surface area (Å²) in [6.07, 6.45) is 4.15. The largest absolute Gasteiger partial charge is 0.478 e. The van der Waals surface area contributed by atoms with Gasteiger partial charge in [-0.2, -0.15) is 0 Å². The van der Waals surface area contributed by atoms with Gasteiger partial charge < -0.3 is 10.4 Å². The van der Waals surface area contributed by atoms with Crippen molar-refractivity contribution in [2.75, 3.05) is 11.1 Å². The molecule has 184 valence electrons. The Hall–Kier alpha value is -3.88. The quantitative estimate of drug-likeness (QED) is 0.233. The van der Waals surface area contributed by atoms with Crippen molar-refractivity contribution in [3.63, 3.8) is 0 Å². The van der Waals surface area contributed by atoms with Crippen LogP contribution in [0.4, 0.5) is 5.69 Å². The van der Waals surface area contributed by atoms with Gasteiger partial charge in [-0.1, -0.05) is 53.7 Å². The SMILES string of the molecule is O=C(CSc1nc2ncccc2n1-c1ccc(C2CC2)c2ccccc12)Nc1ccc(C(=O)O)cc1Cl. The molecule has 1 aliphatic rings. The minimum Gasteiger partial charge on any atom is -0.478 e. The Bertz CT molecular complexity index is 1700. The Balaban J connectivity index is 1.33. The van der Waals surface area contributed by atoms with Crippen molar-refractivity contribution in [2.45, 2.75) is 23.9 Å². The lowest BCUT2D eigenvalue weighted by atomic mass is 9.99. The van der Waals surface area contributed by atoms with Gasteiger partial charge in [0.15, 0.2) is 10.8 Å². The molecular weight excluding hydrogens is 508 g/mol. The molecule has 0 spiro atoms. The monoisotopic (exact) mass is 528 g/mol. The van der Waals surface area contributed by atoms with E-state index in [4.69, 9.17) is 21.7 Å². The number of carboxylic acid groups (broad SMARTS) is 1. The number of aromatic nitrogens is 3. The van der Waals surface area contributed by atoms with Gasteiger partial charge in [0, 0.05) is 11.6 Å². The number of imidazole rings is 1. The zero-order valence-electron chi connectivity index (χ0n) is 19.5. The molecule has 3 aromatic carbocycles. The summed E-state index contributed by atoms with van der Waals surface area (Å²) >= 11 is 7.48. The summed E-state index contributed by atoms with van der Waals surface area (Å²) in [5.41, 5.74) is 4.25. The van der Waals surface area contributed by atoms with Gasteiger partial charge in [-0.05, 0) is 66.1 Å². The third-order valence-corrected chi connectivity index (χ3v) is 7.67. The average molecular weight is 529 g/mol. The topological polar surface area (TPSA) is 97.1 Å². The molecule has 0 atom stereocenters. The van der Waals surface area contributed by atoms with E-state index in [-0.39, 0.29) is 22.2 Å². The minimum atomic E-state index is -1.08. The summed E-state index contributed by atoms with van der Waals surface area (Å²) < 4.78 is 2.06. The lowest BCUT2D eigenvalue weighted by molar-refractivity contribution is -0.113. The van der Waals surface area contributed by atoms with Gasteiger partial charge in [0.2, 0.25) is 5.91 Å². The lowest BCUT2D eigenvalue weighted by Crippen LogP contribution is -2.15. The zero-order valence-corrected chi connectivity index (χ0v) is 21.1. The molecule has 1 aliphatic carbocycles. The highest BCUT2D eigenvalue weighted by atomic mass is 35.5. The summed E-state index contributed by atoms with van der Waals surface area (Å²) in [5, 5.41) is 15.1. The molecule has 0 radical (unpaired) electrons. The standard InChI is InChI=1S/C28H21ClN4O3S/c29-21-14-17(27(35)36)9-11-22(21)31-25(34)15-37-28-32-26-24(6-3-13-30-26)33(28)23-12-10-18(16-7-8-16)19-4-1-2-5-20(19)23/h1-6,9-14,16H,7-8,15H2,(H,31,34)(H,35,36). The van der Waals surface area contributed by atoms with E-state index in [2.05, 4.69) is 45.2 Å². The van der Waals surface area contributed by atoms with Crippen LogP contribution in [0.1, 0.15) is 34.7 Å². The number of thioether (sulfide) groups is 1.